The fourth-order valence-electron chi connectivity index (χ4n) is 2.08. The summed E-state index contributed by atoms with van der Waals surface area (Å²) in [7, 11) is 0. The number of non-ortho nitro benzene ring substituents is 1. The minimum atomic E-state index is -0.504. The van der Waals surface area contributed by atoms with Gasteiger partial charge in [-0.1, -0.05) is 0 Å². The van der Waals surface area contributed by atoms with Crippen molar-refractivity contribution >= 4 is 22.9 Å². The summed E-state index contributed by atoms with van der Waals surface area (Å²) in [4.78, 5) is 33.3. The second-order valence-corrected chi connectivity index (χ2v) is 4.74. The molecule has 0 bridgehead atoms. The van der Waals surface area contributed by atoms with E-state index in [-0.39, 0.29) is 41.4 Å². The highest BCUT2D eigenvalue weighted by Gasteiger charge is 2.25. The van der Waals surface area contributed by atoms with Crippen molar-refractivity contribution in [2.24, 2.45) is 0 Å². The first kappa shape index (κ1) is 15.4. The van der Waals surface area contributed by atoms with E-state index in [2.05, 4.69) is 5.32 Å². The molecule has 1 aliphatic rings. The summed E-state index contributed by atoms with van der Waals surface area (Å²) in [6.45, 7) is 0. The maximum Gasteiger partial charge on any atom is 0.269 e. The summed E-state index contributed by atoms with van der Waals surface area (Å²) in [6.07, 6.45) is 3.61. The molecule has 0 aliphatic heterocycles. The number of hydrogen-bond acceptors (Lipinski definition) is 6. The Kier molecular flexibility index (Phi) is 4.67. The third-order valence-electron chi connectivity index (χ3n) is 3.19. The molecule has 0 saturated heterocycles. The van der Waals surface area contributed by atoms with E-state index in [9.17, 15) is 24.8 Å². The molecule has 0 amide bonds. The van der Waals surface area contributed by atoms with E-state index in [0.29, 0.717) is 12.1 Å². The number of nitro benzene ring substituents is 1. The lowest BCUT2D eigenvalue weighted by atomic mass is 9.91. The van der Waals surface area contributed by atoms with Gasteiger partial charge in [0.15, 0.2) is 11.6 Å². The number of benzene rings is 1. The van der Waals surface area contributed by atoms with Crippen molar-refractivity contribution in [3.8, 4) is 0 Å². The smallest absolute Gasteiger partial charge is 0.269 e. The second kappa shape index (κ2) is 6.66. The third-order valence-corrected chi connectivity index (χ3v) is 3.19. The molecule has 0 aromatic heterocycles. The standard InChI is InChI=1S/C15H14N2O5/c18-12-2-1-3-13(19)15(12)14(20)8-9-16-10-4-6-11(7-5-10)17(21)22/h4-9,16,20H,1-3H2. The molecule has 1 fully saturated rings. The Morgan fingerprint density at radius 1 is 1.18 bits per heavy atom. The lowest BCUT2D eigenvalue weighted by Gasteiger charge is -2.12. The van der Waals surface area contributed by atoms with E-state index in [1.165, 1.54) is 36.5 Å². The fraction of sp³-hybridized carbons (Fsp3) is 0.200. The molecule has 0 atom stereocenters. The normalized spacial score (nSPS) is 15.2. The van der Waals surface area contributed by atoms with Gasteiger partial charge in [-0.3, -0.25) is 19.7 Å². The predicted molar refractivity (Wildman–Crippen MR) is 79.4 cm³/mol. The van der Waals surface area contributed by atoms with Crippen LogP contribution in [0.3, 0.4) is 0 Å². The monoisotopic (exact) mass is 302 g/mol. The lowest BCUT2D eigenvalue weighted by Crippen LogP contribution is -2.20. The number of aliphatic hydroxyl groups is 1. The highest BCUT2D eigenvalue weighted by atomic mass is 16.6. The zero-order valence-electron chi connectivity index (χ0n) is 11.6. The topological polar surface area (TPSA) is 110 Å². The van der Waals surface area contributed by atoms with Crippen molar-refractivity contribution in [1.29, 1.82) is 0 Å². The van der Waals surface area contributed by atoms with Crippen LogP contribution in [0, 0.1) is 10.1 Å². The molecular weight excluding hydrogens is 288 g/mol. The molecule has 7 nitrogen and oxygen atoms in total. The Bertz CT molecular complexity index is 656. The van der Waals surface area contributed by atoms with E-state index in [4.69, 9.17) is 0 Å². The van der Waals surface area contributed by atoms with Gasteiger partial charge in [0.2, 0.25) is 0 Å². The number of carbonyl (C=O) groups is 2. The Morgan fingerprint density at radius 3 is 2.32 bits per heavy atom. The summed E-state index contributed by atoms with van der Waals surface area (Å²) >= 11 is 0. The Balaban J connectivity index is 2.06. The van der Waals surface area contributed by atoms with Crippen LogP contribution in [0.2, 0.25) is 0 Å². The molecule has 1 aromatic rings. The molecule has 1 aromatic carbocycles. The number of ketones is 2. The van der Waals surface area contributed by atoms with Crippen molar-refractivity contribution in [3.05, 3.63) is 58.0 Å². The molecule has 2 rings (SSSR count). The van der Waals surface area contributed by atoms with Gasteiger partial charge in [-0.15, -0.1) is 0 Å². The van der Waals surface area contributed by atoms with E-state index in [0.717, 1.165) is 0 Å². The summed E-state index contributed by atoms with van der Waals surface area (Å²) in [6, 6.07) is 5.68. The van der Waals surface area contributed by atoms with Gasteiger partial charge in [0.25, 0.3) is 5.69 Å². The highest BCUT2D eigenvalue weighted by Crippen LogP contribution is 2.20. The van der Waals surface area contributed by atoms with Crippen LogP contribution in [0.5, 0.6) is 0 Å². The van der Waals surface area contributed by atoms with Gasteiger partial charge < -0.3 is 10.4 Å². The summed E-state index contributed by atoms with van der Waals surface area (Å²) in [5.41, 5.74) is 0.381. The SMILES string of the molecule is O=C1CCCC(=O)C1=C(O)C=CNc1ccc([N+](=O)[O-])cc1. The van der Waals surface area contributed by atoms with Crippen molar-refractivity contribution in [1.82, 2.24) is 0 Å². The van der Waals surface area contributed by atoms with Crippen LogP contribution in [0.1, 0.15) is 19.3 Å². The first-order chi connectivity index (χ1) is 10.5. The minimum Gasteiger partial charge on any atom is -0.507 e. The van der Waals surface area contributed by atoms with Crippen LogP contribution in [0.25, 0.3) is 0 Å². The molecule has 0 heterocycles. The van der Waals surface area contributed by atoms with Crippen molar-refractivity contribution in [2.45, 2.75) is 19.3 Å². The number of nitrogens with zero attached hydrogens (tertiary/aromatic N) is 1. The average Bonchev–Trinajstić information content (AvgIpc) is 2.47. The number of Topliss-reactive ketones (excluding diaryl/α,β-unsaturated/α-hetero) is 2. The molecule has 22 heavy (non-hydrogen) atoms. The molecule has 0 unspecified atom stereocenters. The van der Waals surface area contributed by atoms with Gasteiger partial charge in [0.05, 0.1) is 4.92 Å². The van der Waals surface area contributed by atoms with Gasteiger partial charge in [0.1, 0.15) is 11.3 Å². The largest absolute Gasteiger partial charge is 0.507 e. The number of nitrogens with one attached hydrogen (secondary N) is 1. The van der Waals surface area contributed by atoms with Crippen molar-refractivity contribution in [2.75, 3.05) is 5.32 Å². The van der Waals surface area contributed by atoms with E-state index in [1.54, 1.807) is 0 Å². The van der Waals surface area contributed by atoms with Crippen LogP contribution in [-0.4, -0.2) is 21.6 Å². The number of aliphatic hydroxyl groups excluding tert-OH is 1. The molecule has 1 aliphatic carbocycles. The van der Waals surface area contributed by atoms with Gasteiger partial charge in [-0.05, 0) is 24.6 Å². The Morgan fingerprint density at radius 2 is 1.77 bits per heavy atom. The highest BCUT2D eigenvalue weighted by molar-refractivity contribution is 6.22. The number of carbonyl (C=O) groups excluding carboxylic acids is 2. The van der Waals surface area contributed by atoms with Crippen LogP contribution < -0.4 is 5.32 Å². The maximum absolute atomic E-state index is 11.6. The quantitative estimate of drug-likeness (QED) is 0.291. The van der Waals surface area contributed by atoms with Gasteiger partial charge in [-0.2, -0.15) is 0 Å². The predicted octanol–water partition coefficient (Wildman–Crippen LogP) is 2.65. The van der Waals surface area contributed by atoms with Crippen molar-refractivity contribution in [3.63, 3.8) is 0 Å². The average molecular weight is 302 g/mol. The molecule has 0 spiro atoms. The number of anilines is 1. The maximum atomic E-state index is 11.6. The molecular formula is C15H14N2O5. The number of allylic oxidation sites excluding steroid dienone is 2. The Labute approximate surface area is 126 Å². The van der Waals surface area contributed by atoms with Crippen LogP contribution >= 0.6 is 0 Å². The molecule has 1 saturated carbocycles. The fourth-order valence-corrected chi connectivity index (χ4v) is 2.08. The molecule has 114 valence electrons. The lowest BCUT2D eigenvalue weighted by molar-refractivity contribution is -0.384. The van der Waals surface area contributed by atoms with Crippen molar-refractivity contribution < 1.29 is 19.6 Å². The zero-order chi connectivity index (χ0) is 16.1. The Hall–Kier alpha value is -2.96. The molecule has 7 heteroatoms. The third kappa shape index (κ3) is 3.57. The number of nitro groups is 1. The number of hydrogen-bond donors (Lipinski definition) is 2. The van der Waals surface area contributed by atoms with Gasteiger partial charge in [0, 0.05) is 36.9 Å². The van der Waals surface area contributed by atoms with E-state index < -0.39 is 4.92 Å². The van der Waals surface area contributed by atoms with Crippen LogP contribution in [0.15, 0.2) is 47.9 Å². The minimum absolute atomic E-state index is 0.0297. The second-order valence-electron chi connectivity index (χ2n) is 4.74. The zero-order valence-corrected chi connectivity index (χ0v) is 11.6. The summed E-state index contributed by atoms with van der Waals surface area (Å²) < 4.78 is 0. The van der Waals surface area contributed by atoms with Gasteiger partial charge >= 0.3 is 0 Å². The van der Waals surface area contributed by atoms with Gasteiger partial charge in [-0.25, -0.2) is 0 Å². The summed E-state index contributed by atoms with van der Waals surface area (Å²) in [5, 5.41) is 23.1. The van der Waals surface area contributed by atoms with E-state index in [1.807, 2.05) is 0 Å². The summed E-state index contributed by atoms with van der Waals surface area (Å²) in [5.74, 6) is -1.08. The van der Waals surface area contributed by atoms with Crippen LogP contribution in [0.4, 0.5) is 11.4 Å². The van der Waals surface area contributed by atoms with E-state index >= 15 is 0 Å². The van der Waals surface area contributed by atoms with Crippen LogP contribution in [-0.2, 0) is 9.59 Å². The molecule has 2 N–H and O–H groups in total. The number of rotatable bonds is 4. The molecule has 0 radical (unpaired) electrons. The first-order valence-corrected chi connectivity index (χ1v) is 6.66. The first-order valence-electron chi connectivity index (χ1n) is 6.66.